The number of rotatable bonds is 2. The van der Waals surface area contributed by atoms with Crippen molar-refractivity contribution in [1.29, 1.82) is 0 Å². The second-order valence-corrected chi connectivity index (χ2v) is 4.67. The van der Waals surface area contributed by atoms with Crippen LogP contribution >= 0.6 is 0 Å². The van der Waals surface area contributed by atoms with Crippen molar-refractivity contribution < 1.29 is 4.92 Å². The average Bonchev–Trinajstić information content (AvgIpc) is 2.42. The Morgan fingerprint density at radius 1 is 1.32 bits per heavy atom. The van der Waals surface area contributed by atoms with Crippen LogP contribution in [0.1, 0.15) is 24.8 Å². The number of nitrogen functional groups attached to an aromatic ring is 1. The molecule has 5 heteroatoms. The lowest BCUT2D eigenvalue weighted by Gasteiger charge is -2.23. The topological polar surface area (TPSA) is 72.4 Å². The Hall–Kier alpha value is -2.06. The fourth-order valence-corrected chi connectivity index (χ4v) is 2.13. The van der Waals surface area contributed by atoms with Gasteiger partial charge in [0.15, 0.2) is 0 Å². The lowest BCUT2D eigenvalue weighted by atomic mass is 10.1. The Bertz CT molecular complexity index is 525. The molecule has 2 rings (SSSR count). The second-order valence-electron chi connectivity index (χ2n) is 4.67. The van der Waals surface area contributed by atoms with E-state index in [1.54, 1.807) is 0 Å². The molecule has 1 aromatic carbocycles. The summed E-state index contributed by atoms with van der Waals surface area (Å²) in [7, 11) is 0. The minimum absolute atomic E-state index is 0.0245. The van der Waals surface area contributed by atoms with Crippen LogP contribution in [0.5, 0.6) is 0 Å². The summed E-state index contributed by atoms with van der Waals surface area (Å²) in [5.74, 6) is 5.99. The molecule has 0 bridgehead atoms. The molecule has 0 aromatic heterocycles. The van der Waals surface area contributed by atoms with Crippen LogP contribution < -0.4 is 5.73 Å². The van der Waals surface area contributed by atoms with Crippen molar-refractivity contribution in [2.24, 2.45) is 0 Å². The van der Waals surface area contributed by atoms with Crippen LogP contribution in [0.15, 0.2) is 18.2 Å². The van der Waals surface area contributed by atoms with Crippen molar-refractivity contribution in [2.45, 2.75) is 19.3 Å². The molecule has 0 radical (unpaired) electrons. The van der Waals surface area contributed by atoms with Crippen LogP contribution in [0.25, 0.3) is 0 Å². The van der Waals surface area contributed by atoms with E-state index in [1.807, 2.05) is 0 Å². The van der Waals surface area contributed by atoms with Gasteiger partial charge < -0.3 is 5.73 Å². The molecule has 19 heavy (non-hydrogen) atoms. The van der Waals surface area contributed by atoms with Crippen molar-refractivity contribution in [1.82, 2.24) is 4.90 Å². The number of nitro groups is 1. The van der Waals surface area contributed by atoms with Crippen LogP contribution in [-0.4, -0.2) is 29.5 Å². The van der Waals surface area contributed by atoms with Gasteiger partial charge in [0.2, 0.25) is 0 Å². The first-order valence-corrected chi connectivity index (χ1v) is 6.42. The molecule has 1 saturated heterocycles. The number of nitrogens with two attached hydrogens (primary N) is 1. The maximum absolute atomic E-state index is 10.7. The van der Waals surface area contributed by atoms with Gasteiger partial charge in [-0.3, -0.25) is 15.0 Å². The van der Waals surface area contributed by atoms with E-state index in [4.69, 9.17) is 5.73 Å². The minimum atomic E-state index is -0.435. The molecule has 0 atom stereocenters. The van der Waals surface area contributed by atoms with Gasteiger partial charge in [0.25, 0.3) is 5.69 Å². The summed E-state index contributed by atoms with van der Waals surface area (Å²) in [4.78, 5) is 12.6. The summed E-state index contributed by atoms with van der Waals surface area (Å²) in [5, 5.41) is 10.7. The first-order chi connectivity index (χ1) is 9.16. The average molecular weight is 259 g/mol. The van der Waals surface area contributed by atoms with Gasteiger partial charge in [-0.1, -0.05) is 18.3 Å². The van der Waals surface area contributed by atoms with E-state index in [0.29, 0.717) is 17.8 Å². The highest BCUT2D eigenvalue weighted by molar-refractivity contribution is 5.60. The third-order valence-corrected chi connectivity index (χ3v) is 3.22. The lowest BCUT2D eigenvalue weighted by Crippen LogP contribution is -2.29. The van der Waals surface area contributed by atoms with E-state index in [1.165, 1.54) is 37.5 Å². The zero-order chi connectivity index (χ0) is 13.7. The molecule has 1 aliphatic heterocycles. The molecule has 1 aromatic rings. The zero-order valence-corrected chi connectivity index (χ0v) is 10.8. The Labute approximate surface area is 112 Å². The van der Waals surface area contributed by atoms with Crippen molar-refractivity contribution >= 4 is 11.4 Å². The van der Waals surface area contributed by atoms with E-state index in [-0.39, 0.29) is 5.69 Å². The molecule has 0 spiro atoms. The number of likely N-dealkylation sites (tertiary alicyclic amines) is 1. The Morgan fingerprint density at radius 2 is 2.05 bits per heavy atom. The molecule has 5 nitrogen and oxygen atoms in total. The fourth-order valence-electron chi connectivity index (χ4n) is 2.13. The third kappa shape index (κ3) is 3.70. The molecule has 0 unspecified atom stereocenters. The van der Waals surface area contributed by atoms with Crippen LogP contribution in [-0.2, 0) is 0 Å². The SMILES string of the molecule is Nc1ccc([N+](=O)[O-])cc1C#CCN1CCCCC1. The monoisotopic (exact) mass is 259 g/mol. The molecule has 1 aliphatic rings. The molecular formula is C14H17N3O2. The fraction of sp³-hybridized carbons (Fsp3) is 0.429. The van der Waals surface area contributed by atoms with Crippen LogP contribution in [0, 0.1) is 22.0 Å². The van der Waals surface area contributed by atoms with Gasteiger partial charge in [-0.2, -0.15) is 0 Å². The maximum atomic E-state index is 10.7. The number of anilines is 1. The molecule has 0 saturated carbocycles. The predicted octanol–water partition coefficient (Wildman–Crippen LogP) is 2.01. The normalized spacial score (nSPS) is 15.6. The number of hydrogen-bond acceptors (Lipinski definition) is 4. The largest absolute Gasteiger partial charge is 0.398 e. The number of hydrogen-bond donors (Lipinski definition) is 1. The Morgan fingerprint density at radius 3 is 2.74 bits per heavy atom. The number of benzene rings is 1. The Kier molecular flexibility index (Phi) is 4.37. The number of non-ortho nitro benzene ring substituents is 1. The zero-order valence-electron chi connectivity index (χ0n) is 10.8. The number of piperidine rings is 1. The van der Waals surface area contributed by atoms with E-state index < -0.39 is 4.92 Å². The highest BCUT2D eigenvalue weighted by atomic mass is 16.6. The first-order valence-electron chi connectivity index (χ1n) is 6.42. The van der Waals surface area contributed by atoms with Crippen molar-refractivity contribution in [3.8, 4) is 11.8 Å². The van der Waals surface area contributed by atoms with Crippen molar-refractivity contribution in [3.05, 3.63) is 33.9 Å². The van der Waals surface area contributed by atoms with E-state index >= 15 is 0 Å². The van der Waals surface area contributed by atoms with Crippen LogP contribution in [0.4, 0.5) is 11.4 Å². The van der Waals surface area contributed by atoms with E-state index in [2.05, 4.69) is 16.7 Å². The van der Waals surface area contributed by atoms with Crippen molar-refractivity contribution in [3.63, 3.8) is 0 Å². The lowest BCUT2D eigenvalue weighted by molar-refractivity contribution is -0.384. The predicted molar refractivity (Wildman–Crippen MR) is 74.7 cm³/mol. The van der Waals surface area contributed by atoms with Gasteiger partial charge in [0, 0.05) is 17.8 Å². The molecule has 2 N–H and O–H groups in total. The van der Waals surface area contributed by atoms with Gasteiger partial charge in [0.1, 0.15) is 0 Å². The quantitative estimate of drug-likeness (QED) is 0.381. The maximum Gasteiger partial charge on any atom is 0.270 e. The standard InChI is InChI=1S/C14H17N3O2/c15-14-7-6-13(17(18)19)11-12(14)5-4-10-16-8-2-1-3-9-16/h6-7,11H,1-3,8-10,15H2. The van der Waals surface area contributed by atoms with Crippen LogP contribution in [0.2, 0.25) is 0 Å². The summed E-state index contributed by atoms with van der Waals surface area (Å²) in [5.41, 5.74) is 6.81. The molecule has 1 heterocycles. The van der Waals surface area contributed by atoms with Gasteiger partial charge in [-0.25, -0.2) is 0 Å². The smallest absolute Gasteiger partial charge is 0.270 e. The highest BCUT2D eigenvalue weighted by Gasteiger charge is 2.09. The minimum Gasteiger partial charge on any atom is -0.398 e. The van der Waals surface area contributed by atoms with Gasteiger partial charge in [-0.15, -0.1) is 0 Å². The highest BCUT2D eigenvalue weighted by Crippen LogP contribution is 2.18. The molecule has 1 fully saturated rings. The van der Waals surface area contributed by atoms with Gasteiger partial charge >= 0.3 is 0 Å². The van der Waals surface area contributed by atoms with E-state index in [9.17, 15) is 10.1 Å². The first kappa shape index (κ1) is 13.4. The summed E-state index contributed by atoms with van der Waals surface area (Å²) in [6.45, 7) is 2.86. The number of nitrogens with zero attached hydrogens (tertiary/aromatic N) is 2. The summed E-state index contributed by atoms with van der Waals surface area (Å²) < 4.78 is 0. The van der Waals surface area contributed by atoms with Crippen LogP contribution in [0.3, 0.4) is 0 Å². The summed E-state index contributed by atoms with van der Waals surface area (Å²) >= 11 is 0. The Balaban J connectivity index is 2.05. The second kappa shape index (κ2) is 6.21. The molecular weight excluding hydrogens is 242 g/mol. The molecule has 0 aliphatic carbocycles. The third-order valence-electron chi connectivity index (χ3n) is 3.22. The molecule has 0 amide bonds. The summed E-state index contributed by atoms with van der Waals surface area (Å²) in [6, 6.07) is 4.35. The molecule has 100 valence electrons. The van der Waals surface area contributed by atoms with Crippen molar-refractivity contribution in [2.75, 3.05) is 25.4 Å². The van der Waals surface area contributed by atoms with E-state index in [0.717, 1.165) is 13.1 Å². The van der Waals surface area contributed by atoms with Gasteiger partial charge in [0.05, 0.1) is 17.0 Å². The van der Waals surface area contributed by atoms with Gasteiger partial charge in [-0.05, 0) is 32.0 Å². The number of nitro benzene ring substituents is 1. The summed E-state index contributed by atoms with van der Waals surface area (Å²) in [6.07, 6.45) is 3.74.